The second-order valence-corrected chi connectivity index (χ2v) is 5.55. The van der Waals surface area contributed by atoms with E-state index in [2.05, 4.69) is 5.10 Å². The topological polar surface area (TPSA) is 47.3 Å². The van der Waals surface area contributed by atoms with Gasteiger partial charge in [0.15, 0.2) is 0 Å². The largest absolute Gasteiger partial charge is 0.396 e. The number of hydrogen-bond acceptors (Lipinski definition) is 3. The summed E-state index contributed by atoms with van der Waals surface area (Å²) in [5.74, 6) is 0. The number of nitrogens with zero attached hydrogens (tertiary/aromatic N) is 2. The van der Waals surface area contributed by atoms with Crippen molar-refractivity contribution in [2.75, 3.05) is 19.8 Å². The molecule has 0 spiro atoms. The minimum absolute atomic E-state index is 0.135. The van der Waals surface area contributed by atoms with Crippen LogP contribution in [0.3, 0.4) is 0 Å². The number of rotatable bonds is 4. The van der Waals surface area contributed by atoms with E-state index in [-0.39, 0.29) is 12.0 Å². The summed E-state index contributed by atoms with van der Waals surface area (Å²) in [6, 6.07) is 0. The molecule has 1 aromatic rings. The molecule has 1 aliphatic rings. The highest BCUT2D eigenvalue weighted by Gasteiger charge is 2.34. The Labute approximate surface area is 113 Å². The standard InChI is InChI=1S/C13H21ClN2O2/c1-3-10-12(14)11(16(2)15-10)7-13(8-17)5-4-6-18-9-13/h17H,3-9H2,1-2H3. The fourth-order valence-electron chi connectivity index (χ4n) is 2.60. The fraction of sp³-hybridized carbons (Fsp3) is 0.769. The van der Waals surface area contributed by atoms with Crippen molar-refractivity contribution >= 4 is 11.6 Å². The summed E-state index contributed by atoms with van der Waals surface area (Å²) in [6.45, 7) is 3.58. The highest BCUT2D eigenvalue weighted by molar-refractivity contribution is 6.31. The van der Waals surface area contributed by atoms with Crippen molar-refractivity contribution in [3.8, 4) is 0 Å². The first-order valence-corrected chi connectivity index (χ1v) is 6.88. The molecule has 0 aliphatic carbocycles. The van der Waals surface area contributed by atoms with E-state index in [1.165, 1.54) is 0 Å². The van der Waals surface area contributed by atoms with Crippen LogP contribution in [-0.4, -0.2) is 34.7 Å². The van der Waals surface area contributed by atoms with Crippen LogP contribution in [0, 0.1) is 5.41 Å². The third-order valence-electron chi connectivity index (χ3n) is 3.78. The first kappa shape index (κ1) is 13.8. The van der Waals surface area contributed by atoms with Crippen LogP contribution >= 0.6 is 11.6 Å². The van der Waals surface area contributed by atoms with Gasteiger partial charge in [0, 0.05) is 25.5 Å². The molecule has 1 aliphatic heterocycles. The van der Waals surface area contributed by atoms with Gasteiger partial charge in [-0.05, 0) is 19.3 Å². The molecule has 2 heterocycles. The number of halogens is 1. The number of aromatic nitrogens is 2. The van der Waals surface area contributed by atoms with Crippen LogP contribution in [0.25, 0.3) is 0 Å². The Hall–Kier alpha value is -0.580. The van der Waals surface area contributed by atoms with Gasteiger partial charge in [-0.15, -0.1) is 0 Å². The average molecular weight is 273 g/mol. The lowest BCUT2D eigenvalue weighted by Crippen LogP contribution is -2.37. The summed E-state index contributed by atoms with van der Waals surface area (Å²) in [5, 5.41) is 14.9. The molecule has 1 fully saturated rings. The second kappa shape index (κ2) is 5.59. The molecular formula is C13H21ClN2O2. The van der Waals surface area contributed by atoms with Crippen LogP contribution in [0.5, 0.6) is 0 Å². The van der Waals surface area contributed by atoms with Gasteiger partial charge in [0.1, 0.15) is 0 Å². The maximum atomic E-state index is 9.70. The first-order valence-electron chi connectivity index (χ1n) is 6.51. The predicted octanol–water partition coefficient (Wildman–Crippen LogP) is 1.97. The van der Waals surface area contributed by atoms with E-state index in [4.69, 9.17) is 16.3 Å². The zero-order valence-corrected chi connectivity index (χ0v) is 11.8. The molecule has 102 valence electrons. The molecule has 5 heteroatoms. The lowest BCUT2D eigenvalue weighted by Gasteiger charge is -2.35. The Balaban J connectivity index is 2.24. The van der Waals surface area contributed by atoms with E-state index in [9.17, 15) is 5.11 Å². The Morgan fingerprint density at radius 1 is 1.56 bits per heavy atom. The van der Waals surface area contributed by atoms with Crippen molar-refractivity contribution in [3.05, 3.63) is 16.4 Å². The molecular weight excluding hydrogens is 252 g/mol. The van der Waals surface area contributed by atoms with Crippen LogP contribution in [0.4, 0.5) is 0 Å². The molecule has 1 aromatic heterocycles. The number of aliphatic hydroxyl groups excluding tert-OH is 1. The predicted molar refractivity (Wildman–Crippen MR) is 70.9 cm³/mol. The first-order chi connectivity index (χ1) is 8.62. The monoisotopic (exact) mass is 272 g/mol. The Morgan fingerprint density at radius 3 is 2.83 bits per heavy atom. The molecule has 4 nitrogen and oxygen atoms in total. The highest BCUT2D eigenvalue weighted by Crippen LogP contribution is 2.35. The van der Waals surface area contributed by atoms with E-state index in [0.29, 0.717) is 6.61 Å². The highest BCUT2D eigenvalue weighted by atomic mass is 35.5. The van der Waals surface area contributed by atoms with Crippen molar-refractivity contribution in [1.82, 2.24) is 9.78 Å². The van der Waals surface area contributed by atoms with E-state index >= 15 is 0 Å². The van der Waals surface area contributed by atoms with Gasteiger partial charge in [0.2, 0.25) is 0 Å². The second-order valence-electron chi connectivity index (χ2n) is 5.18. The van der Waals surface area contributed by atoms with Gasteiger partial charge in [-0.2, -0.15) is 5.10 Å². The summed E-state index contributed by atoms with van der Waals surface area (Å²) >= 11 is 6.36. The summed E-state index contributed by atoms with van der Waals surface area (Å²) in [6.07, 6.45) is 3.53. The minimum atomic E-state index is -0.194. The van der Waals surface area contributed by atoms with E-state index in [0.717, 1.165) is 48.7 Å². The Morgan fingerprint density at radius 2 is 2.33 bits per heavy atom. The van der Waals surface area contributed by atoms with Crippen molar-refractivity contribution in [2.45, 2.75) is 32.6 Å². The van der Waals surface area contributed by atoms with Gasteiger partial charge in [-0.1, -0.05) is 18.5 Å². The summed E-state index contributed by atoms with van der Waals surface area (Å²) in [7, 11) is 1.91. The molecule has 0 radical (unpaired) electrons. The summed E-state index contributed by atoms with van der Waals surface area (Å²) in [4.78, 5) is 0. The number of aryl methyl sites for hydroxylation is 2. The van der Waals surface area contributed by atoms with Crippen LogP contribution in [0.1, 0.15) is 31.2 Å². The molecule has 0 aromatic carbocycles. The number of aliphatic hydroxyl groups is 1. The van der Waals surface area contributed by atoms with Crippen LogP contribution in [0.2, 0.25) is 5.02 Å². The third-order valence-corrected chi connectivity index (χ3v) is 4.22. The van der Waals surface area contributed by atoms with Crippen LogP contribution in [0.15, 0.2) is 0 Å². The zero-order valence-electron chi connectivity index (χ0n) is 11.1. The third kappa shape index (κ3) is 2.56. The SMILES string of the molecule is CCc1nn(C)c(CC2(CO)CCCOC2)c1Cl. The lowest BCUT2D eigenvalue weighted by molar-refractivity contribution is -0.0387. The van der Waals surface area contributed by atoms with Gasteiger partial charge >= 0.3 is 0 Å². The molecule has 0 saturated carbocycles. The average Bonchev–Trinajstić information content (AvgIpc) is 2.67. The number of hydrogen-bond donors (Lipinski definition) is 1. The van der Waals surface area contributed by atoms with Crippen molar-refractivity contribution < 1.29 is 9.84 Å². The van der Waals surface area contributed by atoms with Gasteiger partial charge < -0.3 is 9.84 Å². The van der Waals surface area contributed by atoms with Crippen LogP contribution in [-0.2, 0) is 24.6 Å². The molecule has 18 heavy (non-hydrogen) atoms. The van der Waals surface area contributed by atoms with Gasteiger partial charge in [0.05, 0.1) is 29.6 Å². The smallest absolute Gasteiger partial charge is 0.0849 e. The van der Waals surface area contributed by atoms with E-state index in [1.54, 1.807) is 0 Å². The zero-order chi connectivity index (χ0) is 13.2. The summed E-state index contributed by atoms with van der Waals surface area (Å²) in [5.41, 5.74) is 1.74. The van der Waals surface area contributed by atoms with Crippen molar-refractivity contribution in [3.63, 3.8) is 0 Å². The number of ether oxygens (including phenoxy) is 1. The van der Waals surface area contributed by atoms with Crippen LogP contribution < -0.4 is 0 Å². The quantitative estimate of drug-likeness (QED) is 0.912. The molecule has 0 amide bonds. The maximum Gasteiger partial charge on any atom is 0.0849 e. The molecule has 1 unspecified atom stereocenters. The fourth-order valence-corrected chi connectivity index (χ4v) is 2.96. The molecule has 1 saturated heterocycles. The lowest BCUT2D eigenvalue weighted by atomic mass is 9.79. The molecule has 1 N–H and O–H groups in total. The maximum absolute atomic E-state index is 9.70. The molecule has 0 bridgehead atoms. The van der Waals surface area contributed by atoms with E-state index < -0.39 is 0 Å². The van der Waals surface area contributed by atoms with Gasteiger partial charge in [-0.3, -0.25) is 4.68 Å². The van der Waals surface area contributed by atoms with E-state index in [1.807, 2.05) is 18.7 Å². The van der Waals surface area contributed by atoms with Gasteiger partial charge in [-0.25, -0.2) is 0 Å². The molecule has 1 atom stereocenters. The van der Waals surface area contributed by atoms with Gasteiger partial charge in [0.25, 0.3) is 0 Å². The van der Waals surface area contributed by atoms with Crippen molar-refractivity contribution in [1.29, 1.82) is 0 Å². The molecule has 2 rings (SSSR count). The Bertz CT molecular complexity index is 411. The Kier molecular flexibility index (Phi) is 4.30. The normalized spacial score (nSPS) is 24.4. The summed E-state index contributed by atoms with van der Waals surface area (Å²) < 4.78 is 7.37. The minimum Gasteiger partial charge on any atom is -0.396 e. The van der Waals surface area contributed by atoms with Crippen molar-refractivity contribution in [2.24, 2.45) is 12.5 Å².